The SMILES string of the molecule is CC(C)COC(C)OC=O. The highest BCUT2D eigenvalue weighted by Gasteiger charge is 2.01. The monoisotopic (exact) mass is 146 g/mol. The van der Waals surface area contributed by atoms with Crippen LogP contribution in [-0.4, -0.2) is 19.4 Å². The van der Waals surface area contributed by atoms with Gasteiger partial charge in [-0.3, -0.25) is 4.79 Å². The number of carbonyl (C=O) groups excluding carboxylic acids is 1. The average molecular weight is 146 g/mol. The molecule has 0 radical (unpaired) electrons. The molecule has 1 unspecified atom stereocenters. The minimum atomic E-state index is -0.417. The van der Waals surface area contributed by atoms with E-state index in [-0.39, 0.29) is 0 Å². The van der Waals surface area contributed by atoms with Crippen molar-refractivity contribution in [2.24, 2.45) is 5.92 Å². The Morgan fingerprint density at radius 2 is 2.00 bits per heavy atom. The minimum Gasteiger partial charge on any atom is -0.438 e. The van der Waals surface area contributed by atoms with Crippen LogP contribution in [0.2, 0.25) is 0 Å². The zero-order valence-electron chi connectivity index (χ0n) is 6.66. The first-order valence-electron chi connectivity index (χ1n) is 3.37. The van der Waals surface area contributed by atoms with E-state index in [9.17, 15) is 4.79 Å². The normalized spacial score (nSPS) is 13.2. The quantitative estimate of drug-likeness (QED) is 0.431. The zero-order chi connectivity index (χ0) is 7.98. The molecule has 1 atom stereocenters. The molecule has 0 aliphatic rings. The summed E-state index contributed by atoms with van der Waals surface area (Å²) in [5.41, 5.74) is 0. The number of ether oxygens (including phenoxy) is 2. The van der Waals surface area contributed by atoms with Crippen molar-refractivity contribution in [3.05, 3.63) is 0 Å². The van der Waals surface area contributed by atoms with Gasteiger partial charge >= 0.3 is 0 Å². The van der Waals surface area contributed by atoms with Gasteiger partial charge in [-0.1, -0.05) is 13.8 Å². The van der Waals surface area contributed by atoms with E-state index in [2.05, 4.69) is 4.74 Å². The molecule has 0 amide bonds. The molecule has 0 aromatic rings. The third-order valence-corrected chi connectivity index (χ3v) is 0.911. The van der Waals surface area contributed by atoms with Crippen molar-refractivity contribution in [2.75, 3.05) is 6.61 Å². The molecule has 0 aliphatic heterocycles. The molecule has 0 rings (SSSR count). The Balaban J connectivity index is 3.20. The molecular weight excluding hydrogens is 132 g/mol. The van der Waals surface area contributed by atoms with Crippen LogP contribution in [0, 0.1) is 5.92 Å². The van der Waals surface area contributed by atoms with E-state index in [0.717, 1.165) is 0 Å². The van der Waals surface area contributed by atoms with Gasteiger partial charge in [-0.25, -0.2) is 0 Å². The summed E-state index contributed by atoms with van der Waals surface area (Å²) in [6.07, 6.45) is -0.417. The molecule has 0 saturated heterocycles. The van der Waals surface area contributed by atoms with Gasteiger partial charge in [0.25, 0.3) is 6.47 Å². The molecule has 3 heteroatoms. The maximum Gasteiger partial charge on any atom is 0.295 e. The van der Waals surface area contributed by atoms with Crippen LogP contribution in [0.1, 0.15) is 20.8 Å². The first kappa shape index (κ1) is 9.43. The predicted octanol–water partition coefficient (Wildman–Crippen LogP) is 1.18. The summed E-state index contributed by atoms with van der Waals surface area (Å²) < 4.78 is 9.58. The fraction of sp³-hybridized carbons (Fsp3) is 0.857. The molecule has 0 saturated carbocycles. The lowest BCUT2D eigenvalue weighted by Gasteiger charge is -2.11. The Morgan fingerprint density at radius 3 is 2.40 bits per heavy atom. The van der Waals surface area contributed by atoms with Crippen LogP contribution in [-0.2, 0) is 14.3 Å². The van der Waals surface area contributed by atoms with E-state index >= 15 is 0 Å². The first-order valence-corrected chi connectivity index (χ1v) is 3.37. The van der Waals surface area contributed by atoms with Crippen molar-refractivity contribution in [2.45, 2.75) is 27.1 Å². The molecule has 3 nitrogen and oxygen atoms in total. The van der Waals surface area contributed by atoms with Crippen LogP contribution in [0.5, 0.6) is 0 Å². The summed E-state index contributed by atoms with van der Waals surface area (Å²) in [5, 5.41) is 0. The second-order valence-electron chi connectivity index (χ2n) is 2.53. The number of hydrogen-bond acceptors (Lipinski definition) is 3. The predicted molar refractivity (Wildman–Crippen MR) is 37.4 cm³/mol. The van der Waals surface area contributed by atoms with E-state index < -0.39 is 6.29 Å². The molecule has 0 aliphatic carbocycles. The zero-order valence-corrected chi connectivity index (χ0v) is 6.66. The van der Waals surface area contributed by atoms with Gasteiger partial charge in [0.05, 0.1) is 6.61 Å². The van der Waals surface area contributed by atoms with Crippen molar-refractivity contribution in [3.8, 4) is 0 Å². The Hall–Kier alpha value is -0.570. The maximum absolute atomic E-state index is 9.76. The molecule has 0 bridgehead atoms. The highest BCUT2D eigenvalue weighted by molar-refractivity contribution is 5.37. The van der Waals surface area contributed by atoms with Crippen molar-refractivity contribution in [1.29, 1.82) is 0 Å². The Kier molecular flexibility index (Phi) is 4.94. The largest absolute Gasteiger partial charge is 0.438 e. The van der Waals surface area contributed by atoms with Gasteiger partial charge in [0.2, 0.25) is 0 Å². The summed E-state index contributed by atoms with van der Waals surface area (Å²) in [6, 6.07) is 0. The van der Waals surface area contributed by atoms with Crippen LogP contribution in [0.4, 0.5) is 0 Å². The standard InChI is InChI=1S/C7H14O3/c1-6(2)4-9-7(3)10-5-8/h5-7H,4H2,1-3H3. The summed E-state index contributed by atoms with van der Waals surface area (Å²) in [5.74, 6) is 0.470. The third-order valence-electron chi connectivity index (χ3n) is 0.911. The Bertz CT molecular complexity index is 90.9. The molecule has 0 aromatic carbocycles. The minimum absolute atomic E-state index is 0.394. The lowest BCUT2D eigenvalue weighted by molar-refractivity contribution is -0.161. The molecule has 60 valence electrons. The summed E-state index contributed by atoms with van der Waals surface area (Å²) in [6.45, 7) is 6.78. The second kappa shape index (κ2) is 5.23. The van der Waals surface area contributed by atoms with Crippen molar-refractivity contribution >= 4 is 6.47 Å². The van der Waals surface area contributed by atoms with Crippen molar-refractivity contribution in [3.63, 3.8) is 0 Å². The van der Waals surface area contributed by atoms with Gasteiger partial charge in [0.1, 0.15) is 0 Å². The smallest absolute Gasteiger partial charge is 0.295 e. The van der Waals surface area contributed by atoms with Crippen LogP contribution in [0.3, 0.4) is 0 Å². The summed E-state index contributed by atoms with van der Waals surface area (Å²) >= 11 is 0. The lowest BCUT2D eigenvalue weighted by Crippen LogP contribution is -2.15. The molecule has 0 spiro atoms. The van der Waals surface area contributed by atoms with Gasteiger partial charge in [0.15, 0.2) is 6.29 Å². The van der Waals surface area contributed by atoms with E-state index in [0.29, 0.717) is 19.0 Å². The van der Waals surface area contributed by atoms with Crippen LogP contribution >= 0.6 is 0 Å². The van der Waals surface area contributed by atoms with Gasteiger partial charge in [-0.05, 0) is 12.8 Å². The fourth-order valence-electron chi connectivity index (χ4n) is 0.445. The second-order valence-corrected chi connectivity index (χ2v) is 2.53. The first-order chi connectivity index (χ1) is 4.66. The average Bonchev–Trinajstić information content (AvgIpc) is 1.85. The van der Waals surface area contributed by atoms with Gasteiger partial charge in [-0.15, -0.1) is 0 Å². The van der Waals surface area contributed by atoms with E-state index in [1.165, 1.54) is 0 Å². The van der Waals surface area contributed by atoms with Crippen molar-refractivity contribution < 1.29 is 14.3 Å². The maximum atomic E-state index is 9.76. The van der Waals surface area contributed by atoms with Crippen molar-refractivity contribution in [1.82, 2.24) is 0 Å². The fourth-order valence-corrected chi connectivity index (χ4v) is 0.445. The van der Waals surface area contributed by atoms with Gasteiger partial charge in [-0.2, -0.15) is 0 Å². The van der Waals surface area contributed by atoms with Gasteiger partial charge < -0.3 is 9.47 Å². The number of hydrogen-bond donors (Lipinski definition) is 0. The van der Waals surface area contributed by atoms with Crippen LogP contribution < -0.4 is 0 Å². The van der Waals surface area contributed by atoms with Gasteiger partial charge in [0, 0.05) is 0 Å². The van der Waals surface area contributed by atoms with E-state index in [1.54, 1.807) is 6.92 Å². The van der Waals surface area contributed by atoms with E-state index in [1.807, 2.05) is 13.8 Å². The highest BCUT2D eigenvalue weighted by Crippen LogP contribution is 1.97. The Labute approximate surface area is 61.3 Å². The number of carbonyl (C=O) groups is 1. The third kappa shape index (κ3) is 5.56. The topological polar surface area (TPSA) is 35.5 Å². The molecule has 0 fully saturated rings. The molecular formula is C7H14O3. The highest BCUT2D eigenvalue weighted by atomic mass is 16.7. The van der Waals surface area contributed by atoms with E-state index in [4.69, 9.17) is 4.74 Å². The molecule has 0 N–H and O–H groups in total. The summed E-state index contributed by atoms with van der Waals surface area (Å²) in [4.78, 5) is 9.76. The lowest BCUT2D eigenvalue weighted by atomic mass is 10.2. The van der Waals surface area contributed by atoms with Crippen LogP contribution in [0.25, 0.3) is 0 Å². The summed E-state index contributed by atoms with van der Waals surface area (Å²) in [7, 11) is 0. The molecule has 0 aromatic heterocycles. The van der Waals surface area contributed by atoms with Crippen LogP contribution in [0.15, 0.2) is 0 Å². The Morgan fingerprint density at radius 1 is 1.40 bits per heavy atom. The molecule has 0 heterocycles. The number of rotatable bonds is 5. The molecule has 10 heavy (non-hydrogen) atoms.